The minimum Gasteiger partial charge on any atom is -0.369 e. The third kappa shape index (κ3) is 4.45. The van der Waals surface area contributed by atoms with Gasteiger partial charge < -0.3 is 15.1 Å². The van der Waals surface area contributed by atoms with Crippen molar-refractivity contribution in [2.45, 2.75) is 19.8 Å². The second kappa shape index (κ2) is 7.79. The van der Waals surface area contributed by atoms with E-state index in [2.05, 4.69) is 39.1 Å². The molecular formula is C18H28N4O. The van der Waals surface area contributed by atoms with Crippen LogP contribution in [0.3, 0.4) is 0 Å². The van der Waals surface area contributed by atoms with E-state index >= 15 is 0 Å². The zero-order valence-electron chi connectivity index (χ0n) is 14.1. The number of amides is 1. The van der Waals surface area contributed by atoms with Crippen LogP contribution in [0.4, 0.5) is 11.4 Å². The summed E-state index contributed by atoms with van der Waals surface area (Å²) in [5.41, 5.74) is 2.14. The van der Waals surface area contributed by atoms with Gasteiger partial charge in [0.05, 0.1) is 6.54 Å². The SMILES string of the molecule is CCN1CCN(c2ccc(NC(=O)CN3CCCC3)cc2)CC1. The summed E-state index contributed by atoms with van der Waals surface area (Å²) in [6, 6.07) is 8.27. The molecule has 2 aliphatic rings. The van der Waals surface area contributed by atoms with Gasteiger partial charge >= 0.3 is 0 Å². The molecule has 5 nitrogen and oxygen atoms in total. The topological polar surface area (TPSA) is 38.8 Å². The maximum Gasteiger partial charge on any atom is 0.238 e. The Morgan fingerprint density at radius 1 is 0.957 bits per heavy atom. The Morgan fingerprint density at radius 2 is 1.61 bits per heavy atom. The highest BCUT2D eigenvalue weighted by Crippen LogP contribution is 2.19. The second-order valence-electron chi connectivity index (χ2n) is 6.50. The van der Waals surface area contributed by atoms with Gasteiger partial charge in [-0.1, -0.05) is 6.92 Å². The van der Waals surface area contributed by atoms with Gasteiger partial charge in [0.25, 0.3) is 0 Å². The van der Waals surface area contributed by atoms with Gasteiger partial charge in [-0.2, -0.15) is 0 Å². The normalized spacial score (nSPS) is 20.0. The molecule has 2 aliphatic heterocycles. The van der Waals surface area contributed by atoms with E-state index in [-0.39, 0.29) is 5.91 Å². The molecule has 1 aromatic carbocycles. The zero-order valence-corrected chi connectivity index (χ0v) is 14.1. The van der Waals surface area contributed by atoms with E-state index in [9.17, 15) is 4.79 Å². The number of likely N-dealkylation sites (tertiary alicyclic amines) is 1. The average Bonchev–Trinajstić information content (AvgIpc) is 3.08. The van der Waals surface area contributed by atoms with Gasteiger partial charge in [-0.25, -0.2) is 0 Å². The molecule has 0 spiro atoms. The van der Waals surface area contributed by atoms with E-state index in [1.165, 1.54) is 18.5 Å². The monoisotopic (exact) mass is 316 g/mol. The van der Waals surface area contributed by atoms with E-state index in [0.29, 0.717) is 6.54 Å². The molecule has 0 aliphatic carbocycles. The quantitative estimate of drug-likeness (QED) is 0.900. The lowest BCUT2D eigenvalue weighted by Gasteiger charge is -2.35. The fourth-order valence-corrected chi connectivity index (χ4v) is 3.42. The van der Waals surface area contributed by atoms with Crippen molar-refractivity contribution >= 4 is 17.3 Å². The number of carbonyl (C=O) groups is 1. The average molecular weight is 316 g/mol. The van der Waals surface area contributed by atoms with Gasteiger partial charge in [-0.15, -0.1) is 0 Å². The molecule has 23 heavy (non-hydrogen) atoms. The van der Waals surface area contributed by atoms with E-state index in [4.69, 9.17) is 0 Å². The lowest BCUT2D eigenvalue weighted by molar-refractivity contribution is -0.117. The van der Waals surface area contributed by atoms with Gasteiger partial charge in [0, 0.05) is 37.6 Å². The lowest BCUT2D eigenvalue weighted by Crippen LogP contribution is -2.46. The number of likely N-dealkylation sites (N-methyl/N-ethyl adjacent to an activating group) is 1. The number of benzene rings is 1. The first-order valence-corrected chi connectivity index (χ1v) is 8.84. The molecule has 1 amide bonds. The van der Waals surface area contributed by atoms with Crippen LogP contribution in [0.2, 0.25) is 0 Å². The van der Waals surface area contributed by atoms with Crippen molar-refractivity contribution in [1.82, 2.24) is 9.80 Å². The van der Waals surface area contributed by atoms with Crippen LogP contribution in [0.1, 0.15) is 19.8 Å². The van der Waals surface area contributed by atoms with Gasteiger partial charge in [0.1, 0.15) is 0 Å². The largest absolute Gasteiger partial charge is 0.369 e. The fourth-order valence-electron chi connectivity index (χ4n) is 3.42. The van der Waals surface area contributed by atoms with Crippen molar-refractivity contribution in [1.29, 1.82) is 0 Å². The Bertz CT molecular complexity index is 502. The molecule has 5 heteroatoms. The second-order valence-corrected chi connectivity index (χ2v) is 6.50. The predicted molar refractivity (Wildman–Crippen MR) is 95.1 cm³/mol. The first kappa shape index (κ1) is 16.3. The molecule has 0 saturated carbocycles. The Morgan fingerprint density at radius 3 is 2.22 bits per heavy atom. The Kier molecular flexibility index (Phi) is 5.51. The van der Waals surface area contributed by atoms with Crippen LogP contribution in [0.5, 0.6) is 0 Å². The van der Waals surface area contributed by atoms with Crippen molar-refractivity contribution in [2.75, 3.05) is 62.6 Å². The van der Waals surface area contributed by atoms with Crippen LogP contribution in [-0.2, 0) is 4.79 Å². The molecule has 2 saturated heterocycles. The van der Waals surface area contributed by atoms with Crippen molar-refractivity contribution < 1.29 is 4.79 Å². The van der Waals surface area contributed by atoms with Crippen LogP contribution in [0.25, 0.3) is 0 Å². The maximum atomic E-state index is 12.1. The summed E-state index contributed by atoms with van der Waals surface area (Å²) in [5.74, 6) is 0.0937. The van der Waals surface area contributed by atoms with Crippen LogP contribution in [0.15, 0.2) is 24.3 Å². The van der Waals surface area contributed by atoms with Crippen molar-refractivity contribution in [3.8, 4) is 0 Å². The number of hydrogen-bond acceptors (Lipinski definition) is 4. The number of hydrogen-bond donors (Lipinski definition) is 1. The molecule has 0 atom stereocenters. The summed E-state index contributed by atoms with van der Waals surface area (Å²) >= 11 is 0. The predicted octanol–water partition coefficient (Wildman–Crippen LogP) is 1.86. The third-order valence-electron chi connectivity index (χ3n) is 4.90. The van der Waals surface area contributed by atoms with Crippen molar-refractivity contribution in [3.63, 3.8) is 0 Å². The summed E-state index contributed by atoms with van der Waals surface area (Å²) in [5, 5.41) is 3.01. The number of carbonyl (C=O) groups excluding carboxylic acids is 1. The lowest BCUT2D eigenvalue weighted by atomic mass is 10.2. The maximum absolute atomic E-state index is 12.1. The first-order chi connectivity index (χ1) is 11.2. The van der Waals surface area contributed by atoms with Crippen molar-refractivity contribution in [3.05, 3.63) is 24.3 Å². The van der Waals surface area contributed by atoms with E-state index < -0.39 is 0 Å². The van der Waals surface area contributed by atoms with Gasteiger partial charge in [-0.05, 0) is 56.7 Å². The summed E-state index contributed by atoms with van der Waals surface area (Å²) in [6.07, 6.45) is 2.43. The van der Waals surface area contributed by atoms with E-state index in [1.54, 1.807) is 0 Å². The zero-order chi connectivity index (χ0) is 16.1. The van der Waals surface area contributed by atoms with Crippen LogP contribution < -0.4 is 10.2 Å². The minimum atomic E-state index is 0.0937. The Balaban J connectivity index is 1.49. The van der Waals surface area contributed by atoms with Gasteiger partial charge in [0.15, 0.2) is 0 Å². The number of nitrogens with one attached hydrogen (secondary N) is 1. The number of nitrogens with zero attached hydrogens (tertiary/aromatic N) is 3. The molecule has 0 bridgehead atoms. The van der Waals surface area contributed by atoms with Gasteiger partial charge in [0.2, 0.25) is 5.91 Å². The molecule has 2 fully saturated rings. The standard InChI is InChI=1S/C18H28N4O/c1-2-20-11-13-22(14-12-20)17-7-5-16(6-8-17)19-18(23)15-21-9-3-4-10-21/h5-8H,2-4,9-15H2,1H3,(H,19,23). The molecule has 2 heterocycles. The minimum absolute atomic E-state index is 0.0937. The fraction of sp³-hybridized carbons (Fsp3) is 0.611. The summed E-state index contributed by atoms with van der Waals surface area (Å²) in [4.78, 5) is 19.2. The number of piperazine rings is 1. The van der Waals surface area contributed by atoms with Crippen molar-refractivity contribution in [2.24, 2.45) is 0 Å². The molecule has 0 aromatic heterocycles. The Hall–Kier alpha value is -1.59. The number of rotatable bonds is 5. The number of anilines is 2. The molecule has 126 valence electrons. The molecule has 1 aromatic rings. The van der Waals surface area contributed by atoms with Crippen LogP contribution >= 0.6 is 0 Å². The summed E-state index contributed by atoms with van der Waals surface area (Å²) < 4.78 is 0. The molecule has 0 radical (unpaired) electrons. The van der Waals surface area contributed by atoms with E-state index in [0.717, 1.165) is 51.5 Å². The summed E-state index contributed by atoms with van der Waals surface area (Å²) in [7, 11) is 0. The molecule has 0 unspecified atom stereocenters. The van der Waals surface area contributed by atoms with Gasteiger partial charge in [-0.3, -0.25) is 9.69 Å². The first-order valence-electron chi connectivity index (χ1n) is 8.84. The molecule has 3 rings (SSSR count). The van der Waals surface area contributed by atoms with E-state index in [1.807, 2.05) is 12.1 Å². The highest BCUT2D eigenvalue weighted by molar-refractivity contribution is 5.92. The van der Waals surface area contributed by atoms with Crippen LogP contribution in [-0.4, -0.2) is 68.1 Å². The third-order valence-corrected chi connectivity index (χ3v) is 4.90. The highest BCUT2D eigenvalue weighted by Gasteiger charge is 2.17. The Labute approximate surface area is 139 Å². The highest BCUT2D eigenvalue weighted by atomic mass is 16.2. The summed E-state index contributed by atoms with van der Waals surface area (Å²) in [6.45, 7) is 10.4. The molecular weight excluding hydrogens is 288 g/mol. The smallest absolute Gasteiger partial charge is 0.238 e. The molecule has 1 N–H and O–H groups in total. The van der Waals surface area contributed by atoms with Crippen LogP contribution in [0, 0.1) is 0 Å².